The summed E-state index contributed by atoms with van der Waals surface area (Å²) in [4.78, 5) is 20.6. The van der Waals surface area contributed by atoms with Crippen LogP contribution in [0.25, 0.3) is 10.9 Å². The fourth-order valence-electron chi connectivity index (χ4n) is 3.44. The van der Waals surface area contributed by atoms with Gasteiger partial charge >= 0.3 is 6.61 Å². The number of nitrogens with one attached hydrogen (secondary N) is 1. The smallest absolute Gasteiger partial charge is 0.387 e. The van der Waals surface area contributed by atoms with Gasteiger partial charge in [0.1, 0.15) is 11.5 Å². The van der Waals surface area contributed by atoms with Crippen LogP contribution in [-0.2, 0) is 0 Å². The first-order valence-corrected chi connectivity index (χ1v) is 10.8. The second kappa shape index (κ2) is 11.0. The molecular formula is C25H19F4N3O5. The Bertz CT molecular complexity index is 1430. The minimum atomic E-state index is -3.10. The first-order valence-electron chi connectivity index (χ1n) is 10.8. The van der Waals surface area contributed by atoms with Crippen molar-refractivity contribution in [3.8, 4) is 28.7 Å². The molecule has 1 N–H and O–H groups in total. The summed E-state index contributed by atoms with van der Waals surface area (Å²) in [5, 5.41) is 2.62. The van der Waals surface area contributed by atoms with Crippen LogP contribution in [0.4, 0.5) is 23.2 Å². The molecule has 0 unspecified atom stereocenters. The molecule has 2 heterocycles. The van der Waals surface area contributed by atoms with Crippen molar-refractivity contribution in [2.24, 2.45) is 0 Å². The van der Waals surface area contributed by atoms with Gasteiger partial charge in [-0.15, -0.1) is 0 Å². The van der Waals surface area contributed by atoms with Gasteiger partial charge in [-0.05, 0) is 25.1 Å². The second-order valence-corrected chi connectivity index (χ2v) is 7.34. The summed E-state index contributed by atoms with van der Waals surface area (Å²) in [6.07, 6.45) is 3.98. The molecule has 0 spiro atoms. The lowest BCUT2D eigenvalue weighted by Gasteiger charge is -2.15. The lowest BCUT2D eigenvalue weighted by molar-refractivity contribution is -0.0511. The highest BCUT2D eigenvalue weighted by atomic mass is 19.3. The molecule has 8 nitrogen and oxygen atoms in total. The molecule has 0 bridgehead atoms. The first-order chi connectivity index (χ1) is 17.8. The summed E-state index contributed by atoms with van der Waals surface area (Å²) >= 11 is 0. The minimum absolute atomic E-state index is 0.0294. The van der Waals surface area contributed by atoms with Crippen molar-refractivity contribution in [3.05, 3.63) is 72.2 Å². The molecule has 0 aliphatic heterocycles. The third-order valence-electron chi connectivity index (χ3n) is 5.00. The van der Waals surface area contributed by atoms with Gasteiger partial charge in [0, 0.05) is 47.9 Å². The molecule has 0 saturated heterocycles. The molecule has 4 aromatic rings. The molecule has 0 radical (unpaired) electrons. The van der Waals surface area contributed by atoms with E-state index in [1.54, 1.807) is 6.92 Å². The lowest BCUT2D eigenvalue weighted by Crippen LogP contribution is -2.14. The fraction of sp³-hybridized carbons (Fsp3) is 0.160. The van der Waals surface area contributed by atoms with Crippen LogP contribution >= 0.6 is 0 Å². The summed E-state index contributed by atoms with van der Waals surface area (Å²) in [5.74, 6) is -3.76. The van der Waals surface area contributed by atoms with Crippen molar-refractivity contribution in [3.63, 3.8) is 0 Å². The number of fused-ring (bicyclic) bond motifs is 1. The molecule has 37 heavy (non-hydrogen) atoms. The van der Waals surface area contributed by atoms with Crippen LogP contribution in [0.1, 0.15) is 17.3 Å². The Morgan fingerprint density at radius 1 is 1.00 bits per heavy atom. The Balaban J connectivity index is 1.62. The molecule has 0 saturated carbocycles. The summed E-state index contributed by atoms with van der Waals surface area (Å²) < 4.78 is 75.6. The van der Waals surface area contributed by atoms with E-state index in [1.807, 2.05) is 0 Å². The van der Waals surface area contributed by atoms with Gasteiger partial charge in [0.05, 0.1) is 24.8 Å². The lowest BCUT2D eigenvalue weighted by atomic mass is 10.1. The quantitative estimate of drug-likeness (QED) is 0.274. The van der Waals surface area contributed by atoms with Crippen molar-refractivity contribution in [1.29, 1.82) is 0 Å². The molecule has 0 atom stereocenters. The largest absolute Gasteiger partial charge is 0.493 e. The van der Waals surface area contributed by atoms with Crippen LogP contribution in [-0.4, -0.2) is 36.2 Å². The number of hydrogen-bond donors (Lipinski definition) is 1. The van der Waals surface area contributed by atoms with E-state index in [1.165, 1.54) is 50.0 Å². The van der Waals surface area contributed by atoms with Gasteiger partial charge in [0.2, 0.25) is 0 Å². The SMILES string of the molecule is CCOc1ccncc1C(=O)Nc1cc(F)c(Oc2ccnc3cc(OC(F)F)c(OC)cc23)c(F)c1. The third kappa shape index (κ3) is 5.63. The monoisotopic (exact) mass is 517 g/mol. The second-order valence-electron chi connectivity index (χ2n) is 7.34. The van der Waals surface area contributed by atoms with Crippen molar-refractivity contribution < 1.29 is 41.3 Å². The van der Waals surface area contributed by atoms with E-state index in [0.717, 1.165) is 12.1 Å². The number of rotatable bonds is 9. The van der Waals surface area contributed by atoms with E-state index in [4.69, 9.17) is 14.2 Å². The number of hydrogen-bond acceptors (Lipinski definition) is 7. The number of methoxy groups -OCH3 is 1. The number of anilines is 1. The number of carbonyl (C=O) groups is 1. The van der Waals surface area contributed by atoms with E-state index in [9.17, 15) is 22.4 Å². The molecule has 4 rings (SSSR count). The number of amides is 1. The van der Waals surface area contributed by atoms with E-state index in [-0.39, 0.29) is 45.2 Å². The Morgan fingerprint density at radius 3 is 2.41 bits per heavy atom. The maximum absolute atomic E-state index is 14.9. The molecule has 192 valence electrons. The highest BCUT2D eigenvalue weighted by Crippen LogP contribution is 2.39. The highest BCUT2D eigenvalue weighted by molar-refractivity contribution is 6.06. The Morgan fingerprint density at radius 2 is 1.73 bits per heavy atom. The highest BCUT2D eigenvalue weighted by Gasteiger charge is 2.20. The van der Waals surface area contributed by atoms with Gasteiger partial charge in [0.25, 0.3) is 5.91 Å². The van der Waals surface area contributed by atoms with Gasteiger partial charge < -0.3 is 24.3 Å². The Kier molecular flexibility index (Phi) is 7.56. The zero-order valence-corrected chi connectivity index (χ0v) is 19.4. The number of carbonyl (C=O) groups excluding carboxylic acids is 1. The van der Waals surface area contributed by atoms with Crippen molar-refractivity contribution >= 4 is 22.5 Å². The molecule has 2 aromatic heterocycles. The minimum Gasteiger partial charge on any atom is -0.493 e. The van der Waals surface area contributed by atoms with Crippen molar-refractivity contribution in [2.75, 3.05) is 19.0 Å². The van der Waals surface area contributed by atoms with Crippen LogP contribution in [0.2, 0.25) is 0 Å². The van der Waals surface area contributed by atoms with Gasteiger partial charge in [-0.25, -0.2) is 8.78 Å². The zero-order valence-electron chi connectivity index (χ0n) is 19.4. The molecule has 0 aliphatic rings. The van der Waals surface area contributed by atoms with Crippen LogP contribution in [0, 0.1) is 11.6 Å². The van der Waals surface area contributed by atoms with Gasteiger partial charge in [0.15, 0.2) is 28.9 Å². The summed E-state index contributed by atoms with van der Waals surface area (Å²) in [5.41, 5.74) is 0.0619. The summed E-state index contributed by atoms with van der Waals surface area (Å²) in [6.45, 7) is -1.06. The predicted octanol–water partition coefficient (Wildman–Crippen LogP) is 5.96. The number of halogens is 4. The number of benzene rings is 2. The molecule has 0 fully saturated rings. The number of alkyl halides is 2. The first kappa shape index (κ1) is 25.5. The maximum atomic E-state index is 14.9. The summed E-state index contributed by atoms with van der Waals surface area (Å²) in [6, 6.07) is 7.07. The van der Waals surface area contributed by atoms with Gasteiger partial charge in [-0.3, -0.25) is 14.8 Å². The zero-order chi connectivity index (χ0) is 26.5. The number of aromatic nitrogens is 2. The Labute approximate surface area is 207 Å². The van der Waals surface area contributed by atoms with E-state index in [0.29, 0.717) is 6.61 Å². The van der Waals surface area contributed by atoms with Crippen LogP contribution in [0.5, 0.6) is 28.7 Å². The summed E-state index contributed by atoms with van der Waals surface area (Å²) in [7, 11) is 1.24. The maximum Gasteiger partial charge on any atom is 0.387 e. The fourth-order valence-corrected chi connectivity index (χ4v) is 3.44. The Hall–Kier alpha value is -4.61. The molecule has 12 heteroatoms. The van der Waals surface area contributed by atoms with Crippen LogP contribution in [0.15, 0.2) is 55.0 Å². The molecule has 2 aromatic carbocycles. The molecule has 0 aliphatic carbocycles. The molecule has 1 amide bonds. The van der Waals surface area contributed by atoms with Crippen molar-refractivity contribution in [2.45, 2.75) is 13.5 Å². The number of nitrogens with zero attached hydrogens (tertiary/aromatic N) is 2. The predicted molar refractivity (Wildman–Crippen MR) is 125 cm³/mol. The van der Waals surface area contributed by atoms with E-state index in [2.05, 4.69) is 20.0 Å². The average molecular weight is 517 g/mol. The van der Waals surface area contributed by atoms with E-state index >= 15 is 0 Å². The van der Waals surface area contributed by atoms with Gasteiger partial charge in [-0.2, -0.15) is 8.78 Å². The normalized spacial score (nSPS) is 10.9. The topological polar surface area (TPSA) is 91.8 Å². The third-order valence-corrected chi connectivity index (χ3v) is 5.00. The van der Waals surface area contributed by atoms with Crippen LogP contribution < -0.4 is 24.3 Å². The number of pyridine rings is 2. The van der Waals surface area contributed by atoms with Crippen molar-refractivity contribution in [1.82, 2.24) is 9.97 Å². The molecular weight excluding hydrogens is 498 g/mol. The number of ether oxygens (including phenoxy) is 4. The van der Waals surface area contributed by atoms with Gasteiger partial charge in [-0.1, -0.05) is 0 Å². The average Bonchev–Trinajstić information content (AvgIpc) is 2.86. The standard InChI is InChI=1S/C25H19F4N3O5/c1-3-35-19-4-6-30-12-15(19)24(33)32-13-8-16(26)23(17(27)9-13)36-20-5-7-31-18-11-22(37-25(28)29)21(34-2)10-14(18)20/h4-12,25H,3H2,1-2H3,(H,32,33). The van der Waals surface area contributed by atoms with E-state index < -0.39 is 29.9 Å². The van der Waals surface area contributed by atoms with Crippen LogP contribution in [0.3, 0.4) is 0 Å².